The maximum Gasteiger partial charge on any atom is 0.289 e. The first kappa shape index (κ1) is 9.98. The molecule has 0 heterocycles. The maximum atomic E-state index is 5.15. The van der Waals surface area contributed by atoms with Gasteiger partial charge in [-0.15, -0.1) is 0 Å². The summed E-state index contributed by atoms with van der Waals surface area (Å²) in [4.78, 5) is 0. The van der Waals surface area contributed by atoms with E-state index >= 15 is 0 Å². The van der Waals surface area contributed by atoms with Crippen LogP contribution in [0.2, 0.25) is 6.82 Å². The fraction of sp³-hybridized carbons (Fsp3) is 1.00. The molecule has 3 heteroatoms. The van der Waals surface area contributed by atoms with E-state index in [4.69, 9.17) is 9.39 Å². The van der Waals surface area contributed by atoms with E-state index < -0.39 is 0 Å². The molecule has 0 amide bonds. The van der Waals surface area contributed by atoms with Crippen LogP contribution in [-0.4, -0.2) is 27.8 Å². The summed E-state index contributed by atoms with van der Waals surface area (Å²) in [5.74, 6) is 0. The maximum absolute atomic E-state index is 5.15. The van der Waals surface area contributed by atoms with Gasteiger partial charge in [-0.05, 0) is 0 Å². The second-order valence-corrected chi connectivity index (χ2v) is 3.14. The van der Waals surface area contributed by atoms with Gasteiger partial charge in [-0.1, -0.05) is 20.7 Å². The Labute approximate surface area is 64.2 Å². The predicted molar refractivity (Wildman–Crippen MR) is 43.2 cm³/mol. The van der Waals surface area contributed by atoms with Gasteiger partial charge in [-0.2, -0.15) is 0 Å². The van der Waals surface area contributed by atoms with Crippen LogP contribution in [-0.2, 0) is 9.39 Å². The van der Waals surface area contributed by atoms with Crippen molar-refractivity contribution in [3.63, 3.8) is 0 Å². The minimum absolute atomic E-state index is 0.126. The Morgan fingerprint density at radius 3 is 2.30 bits per heavy atom. The smallest absolute Gasteiger partial charge is 0.289 e. The van der Waals surface area contributed by atoms with E-state index in [-0.39, 0.29) is 5.41 Å². The van der Waals surface area contributed by atoms with Gasteiger partial charge in [0.15, 0.2) is 0 Å². The second-order valence-electron chi connectivity index (χ2n) is 3.14. The summed E-state index contributed by atoms with van der Waals surface area (Å²) in [7, 11) is 3.41. The average molecular weight is 143 g/mol. The molecular formula is C7H16BO2. The zero-order valence-corrected chi connectivity index (χ0v) is 7.31. The van der Waals surface area contributed by atoms with Crippen LogP contribution in [0.25, 0.3) is 0 Å². The third kappa shape index (κ3) is 4.83. The number of hydrogen-bond donors (Lipinski definition) is 0. The highest BCUT2D eigenvalue weighted by molar-refractivity contribution is 6.24. The number of ether oxygens (including phenoxy) is 1. The first-order chi connectivity index (χ1) is 4.62. The Morgan fingerprint density at radius 1 is 1.30 bits per heavy atom. The van der Waals surface area contributed by atoms with Crippen LogP contribution in [0.15, 0.2) is 0 Å². The van der Waals surface area contributed by atoms with Gasteiger partial charge < -0.3 is 9.39 Å². The van der Waals surface area contributed by atoms with E-state index in [2.05, 4.69) is 13.8 Å². The predicted octanol–water partition coefficient (Wildman–Crippen LogP) is 1.34. The monoisotopic (exact) mass is 143 g/mol. The quantitative estimate of drug-likeness (QED) is 0.540. The molecule has 0 unspecified atom stereocenters. The highest BCUT2D eigenvalue weighted by atomic mass is 16.5. The van der Waals surface area contributed by atoms with E-state index in [1.54, 1.807) is 14.6 Å². The lowest BCUT2D eigenvalue weighted by Crippen LogP contribution is -2.25. The van der Waals surface area contributed by atoms with Crippen molar-refractivity contribution >= 4 is 7.48 Å². The molecule has 0 bridgehead atoms. The van der Waals surface area contributed by atoms with Crippen molar-refractivity contribution in [3.05, 3.63) is 0 Å². The highest BCUT2D eigenvalue weighted by Gasteiger charge is 2.16. The van der Waals surface area contributed by atoms with Crippen LogP contribution in [0.1, 0.15) is 13.8 Å². The molecule has 0 spiro atoms. The summed E-state index contributed by atoms with van der Waals surface area (Å²) < 4.78 is 10.2. The molecule has 0 fully saturated rings. The summed E-state index contributed by atoms with van der Waals surface area (Å²) in [6.07, 6.45) is 0. The molecule has 0 saturated heterocycles. The van der Waals surface area contributed by atoms with Crippen LogP contribution in [0.3, 0.4) is 0 Å². The standard InChI is InChI=1S/C7H16BO2/c1-7(2,5-9-4)6-10-8-3/h5-6H2,1-4H3. The fourth-order valence-electron chi connectivity index (χ4n) is 0.741. The van der Waals surface area contributed by atoms with Crippen molar-refractivity contribution in [1.82, 2.24) is 0 Å². The zero-order valence-electron chi connectivity index (χ0n) is 7.31. The first-order valence-electron chi connectivity index (χ1n) is 3.51. The largest absolute Gasteiger partial charge is 0.440 e. The Balaban J connectivity index is 3.42. The van der Waals surface area contributed by atoms with Crippen LogP contribution < -0.4 is 0 Å². The Morgan fingerprint density at radius 2 is 1.90 bits per heavy atom. The molecule has 0 aliphatic rings. The van der Waals surface area contributed by atoms with Gasteiger partial charge in [0.1, 0.15) is 0 Å². The van der Waals surface area contributed by atoms with E-state index in [1.165, 1.54) is 0 Å². The summed E-state index contributed by atoms with van der Waals surface area (Å²) in [5.41, 5.74) is 0.126. The van der Waals surface area contributed by atoms with Gasteiger partial charge in [0.25, 0.3) is 7.48 Å². The lowest BCUT2D eigenvalue weighted by Gasteiger charge is -2.22. The van der Waals surface area contributed by atoms with Gasteiger partial charge in [0.2, 0.25) is 0 Å². The second kappa shape index (κ2) is 4.75. The number of hydrogen-bond acceptors (Lipinski definition) is 2. The summed E-state index contributed by atoms with van der Waals surface area (Å²) >= 11 is 0. The fourth-order valence-corrected chi connectivity index (χ4v) is 0.741. The van der Waals surface area contributed by atoms with Crippen LogP contribution in [0, 0.1) is 5.41 Å². The third-order valence-electron chi connectivity index (χ3n) is 1.18. The molecule has 0 aromatic carbocycles. The normalized spacial score (nSPS) is 11.6. The average Bonchev–Trinajstić information content (AvgIpc) is 1.84. The van der Waals surface area contributed by atoms with Crippen molar-refractivity contribution < 1.29 is 9.39 Å². The topological polar surface area (TPSA) is 18.5 Å². The minimum atomic E-state index is 0.126. The zero-order chi connectivity index (χ0) is 8.04. The Bertz CT molecular complexity index is 83.7. The van der Waals surface area contributed by atoms with Crippen molar-refractivity contribution in [2.75, 3.05) is 20.3 Å². The molecule has 0 rings (SSSR count). The molecule has 2 nitrogen and oxygen atoms in total. The van der Waals surface area contributed by atoms with Gasteiger partial charge in [0, 0.05) is 19.1 Å². The Kier molecular flexibility index (Phi) is 4.74. The lowest BCUT2D eigenvalue weighted by molar-refractivity contribution is 0.0660. The molecule has 0 aromatic rings. The summed E-state index contributed by atoms with van der Waals surface area (Å²) in [6.45, 7) is 7.56. The van der Waals surface area contributed by atoms with Gasteiger partial charge >= 0.3 is 0 Å². The SMILES string of the molecule is C[B]OCC(C)(C)COC. The summed E-state index contributed by atoms with van der Waals surface area (Å²) in [5, 5.41) is 0. The minimum Gasteiger partial charge on any atom is -0.440 e. The Hall–Kier alpha value is -0.0151. The molecule has 0 saturated carbocycles. The first-order valence-corrected chi connectivity index (χ1v) is 3.51. The molecular weight excluding hydrogens is 127 g/mol. The van der Waals surface area contributed by atoms with Gasteiger partial charge in [-0.3, -0.25) is 0 Å². The molecule has 59 valence electrons. The van der Waals surface area contributed by atoms with E-state index in [9.17, 15) is 0 Å². The van der Waals surface area contributed by atoms with Crippen LogP contribution in [0.5, 0.6) is 0 Å². The van der Waals surface area contributed by atoms with Gasteiger partial charge in [-0.25, -0.2) is 0 Å². The van der Waals surface area contributed by atoms with Gasteiger partial charge in [0.05, 0.1) is 6.61 Å². The highest BCUT2D eigenvalue weighted by Crippen LogP contribution is 2.14. The van der Waals surface area contributed by atoms with Crippen molar-refractivity contribution in [2.24, 2.45) is 5.41 Å². The molecule has 0 N–H and O–H groups in total. The van der Waals surface area contributed by atoms with Crippen molar-refractivity contribution in [2.45, 2.75) is 20.7 Å². The molecule has 1 radical (unpaired) electrons. The van der Waals surface area contributed by atoms with Crippen molar-refractivity contribution in [1.29, 1.82) is 0 Å². The van der Waals surface area contributed by atoms with Crippen LogP contribution >= 0.6 is 0 Å². The molecule has 0 aromatic heterocycles. The van der Waals surface area contributed by atoms with Crippen LogP contribution in [0.4, 0.5) is 0 Å². The number of methoxy groups -OCH3 is 1. The van der Waals surface area contributed by atoms with E-state index in [0.29, 0.717) is 0 Å². The number of rotatable bonds is 5. The molecule has 10 heavy (non-hydrogen) atoms. The third-order valence-corrected chi connectivity index (χ3v) is 1.18. The molecule has 0 aliphatic heterocycles. The molecule has 0 aliphatic carbocycles. The van der Waals surface area contributed by atoms with Crippen molar-refractivity contribution in [3.8, 4) is 0 Å². The summed E-state index contributed by atoms with van der Waals surface area (Å²) in [6, 6.07) is 0. The molecule has 0 atom stereocenters. The van der Waals surface area contributed by atoms with E-state index in [1.807, 2.05) is 6.82 Å². The lowest BCUT2D eigenvalue weighted by atomic mass is 9.95. The van der Waals surface area contributed by atoms with E-state index in [0.717, 1.165) is 13.2 Å².